The minimum Gasteiger partial charge on any atom is -0.323 e. The molecule has 6 nitrogen and oxygen atoms in total. The van der Waals surface area contributed by atoms with Crippen LogP contribution in [0.25, 0.3) is 10.2 Å². The van der Waals surface area contributed by atoms with Crippen molar-refractivity contribution in [2.45, 2.75) is 56.9 Å². The Morgan fingerprint density at radius 2 is 1.97 bits per heavy atom. The lowest BCUT2D eigenvalue weighted by Gasteiger charge is -2.37. The highest BCUT2D eigenvalue weighted by Crippen LogP contribution is 2.39. The second kappa shape index (κ2) is 7.36. The second-order valence-corrected chi connectivity index (χ2v) is 9.90. The summed E-state index contributed by atoms with van der Waals surface area (Å²) in [4.78, 5) is 34.3. The van der Waals surface area contributed by atoms with Crippen LogP contribution in [-0.2, 0) is 4.79 Å². The Morgan fingerprint density at radius 1 is 1.17 bits per heavy atom. The first-order valence-corrected chi connectivity index (χ1v) is 11.6. The Hall–Kier alpha value is -1.99. The van der Waals surface area contributed by atoms with Gasteiger partial charge in [-0.25, -0.2) is 14.7 Å². The number of nitrogens with zero attached hydrogens (tertiary/aromatic N) is 3. The van der Waals surface area contributed by atoms with Crippen LogP contribution in [-0.4, -0.2) is 52.0 Å². The summed E-state index contributed by atoms with van der Waals surface area (Å²) in [6.45, 7) is 4.29. The predicted molar refractivity (Wildman–Crippen MR) is 114 cm³/mol. The first kappa shape index (κ1) is 19.0. The molecule has 7 heteroatoms. The lowest BCUT2D eigenvalue weighted by Crippen LogP contribution is -2.54. The van der Waals surface area contributed by atoms with E-state index in [1.165, 1.54) is 14.6 Å². The van der Waals surface area contributed by atoms with Crippen LogP contribution in [0.5, 0.6) is 0 Å². The lowest BCUT2D eigenvalue weighted by molar-refractivity contribution is -0.135. The summed E-state index contributed by atoms with van der Waals surface area (Å²) in [6, 6.07) is 8.09. The number of carbonyl (C=O) groups is 2. The molecule has 3 heterocycles. The summed E-state index contributed by atoms with van der Waals surface area (Å²) in [6.07, 6.45) is 5.97. The van der Waals surface area contributed by atoms with Crippen molar-refractivity contribution in [2.75, 3.05) is 19.8 Å². The van der Waals surface area contributed by atoms with E-state index in [0.717, 1.165) is 57.1 Å². The Balaban J connectivity index is 1.22. The van der Waals surface area contributed by atoms with Crippen LogP contribution in [0.15, 0.2) is 24.3 Å². The van der Waals surface area contributed by atoms with Crippen molar-refractivity contribution in [3.05, 3.63) is 29.3 Å². The van der Waals surface area contributed by atoms with E-state index in [2.05, 4.69) is 35.3 Å². The molecule has 1 aromatic carbocycles. The van der Waals surface area contributed by atoms with E-state index < -0.39 is 5.54 Å². The molecule has 3 fully saturated rings. The third-order valence-electron chi connectivity index (χ3n) is 7.09. The summed E-state index contributed by atoms with van der Waals surface area (Å²) in [7, 11) is 0. The fraction of sp³-hybridized carbons (Fsp3) is 0.591. The topological polar surface area (TPSA) is 65.5 Å². The molecule has 1 aromatic heterocycles. The van der Waals surface area contributed by atoms with E-state index in [0.29, 0.717) is 12.6 Å². The van der Waals surface area contributed by atoms with Gasteiger partial charge in [-0.1, -0.05) is 31.9 Å². The number of piperidine rings is 1. The smallest absolute Gasteiger partial charge is 0.323 e. The molecule has 1 N–H and O–H groups in total. The van der Waals surface area contributed by atoms with Crippen molar-refractivity contribution in [1.82, 2.24) is 20.1 Å². The fourth-order valence-electron chi connectivity index (χ4n) is 5.21. The van der Waals surface area contributed by atoms with Gasteiger partial charge in [-0.05, 0) is 43.7 Å². The van der Waals surface area contributed by atoms with Gasteiger partial charge in [-0.15, -0.1) is 11.3 Å². The van der Waals surface area contributed by atoms with Crippen LogP contribution in [0.3, 0.4) is 0 Å². The van der Waals surface area contributed by atoms with E-state index >= 15 is 0 Å². The summed E-state index contributed by atoms with van der Waals surface area (Å²) in [5.41, 5.74) is 0.426. The van der Waals surface area contributed by atoms with Crippen molar-refractivity contribution in [3.63, 3.8) is 0 Å². The van der Waals surface area contributed by atoms with Gasteiger partial charge in [0.1, 0.15) is 5.54 Å². The molecule has 1 saturated carbocycles. The van der Waals surface area contributed by atoms with Gasteiger partial charge in [0.25, 0.3) is 5.91 Å². The molecule has 0 unspecified atom stereocenters. The third kappa shape index (κ3) is 3.24. The summed E-state index contributed by atoms with van der Waals surface area (Å²) in [5.74, 6) is 0.668. The van der Waals surface area contributed by atoms with E-state index in [-0.39, 0.29) is 17.9 Å². The van der Waals surface area contributed by atoms with Crippen LogP contribution in [0.1, 0.15) is 56.4 Å². The number of likely N-dealkylation sites (tertiary alicyclic amines) is 1. The van der Waals surface area contributed by atoms with Crippen LogP contribution in [0, 0.1) is 5.92 Å². The first-order chi connectivity index (χ1) is 14.1. The van der Waals surface area contributed by atoms with Crippen LogP contribution < -0.4 is 5.32 Å². The summed E-state index contributed by atoms with van der Waals surface area (Å²) >= 11 is 1.80. The van der Waals surface area contributed by atoms with Gasteiger partial charge >= 0.3 is 6.03 Å². The maximum absolute atomic E-state index is 13.2. The number of urea groups is 1. The van der Waals surface area contributed by atoms with Gasteiger partial charge < -0.3 is 5.32 Å². The number of benzene rings is 1. The predicted octanol–water partition coefficient (Wildman–Crippen LogP) is 3.93. The molecule has 0 radical (unpaired) electrons. The molecule has 1 spiro atoms. The number of fused-ring (bicyclic) bond motifs is 1. The minimum atomic E-state index is -0.658. The molecule has 3 amide bonds. The molecule has 154 valence electrons. The number of rotatable bonds is 3. The Labute approximate surface area is 175 Å². The molecule has 2 saturated heterocycles. The molecule has 1 aliphatic carbocycles. The van der Waals surface area contributed by atoms with Gasteiger partial charge in [0, 0.05) is 19.0 Å². The van der Waals surface area contributed by atoms with Gasteiger partial charge in [0.05, 0.1) is 21.9 Å². The number of thiazole rings is 1. The second-order valence-electron chi connectivity index (χ2n) is 8.84. The van der Waals surface area contributed by atoms with Gasteiger partial charge in [0.15, 0.2) is 0 Å². The molecule has 3 aliphatic rings. The molecule has 29 heavy (non-hydrogen) atoms. The maximum atomic E-state index is 13.2. The quantitative estimate of drug-likeness (QED) is 0.776. The van der Waals surface area contributed by atoms with E-state index in [4.69, 9.17) is 4.98 Å². The zero-order valence-corrected chi connectivity index (χ0v) is 17.7. The average molecular weight is 413 g/mol. The van der Waals surface area contributed by atoms with Crippen molar-refractivity contribution < 1.29 is 9.59 Å². The van der Waals surface area contributed by atoms with Crippen molar-refractivity contribution in [2.24, 2.45) is 5.92 Å². The molecule has 2 aliphatic heterocycles. The van der Waals surface area contributed by atoms with Gasteiger partial charge in [0.2, 0.25) is 0 Å². The molecule has 5 rings (SSSR count). The first-order valence-electron chi connectivity index (χ1n) is 10.8. The van der Waals surface area contributed by atoms with Crippen molar-refractivity contribution in [1.29, 1.82) is 0 Å². The highest BCUT2D eigenvalue weighted by atomic mass is 32.1. The molecular formula is C22H28N4O2S. The highest BCUT2D eigenvalue weighted by molar-refractivity contribution is 7.18. The monoisotopic (exact) mass is 412 g/mol. The largest absolute Gasteiger partial charge is 0.326 e. The zero-order valence-electron chi connectivity index (χ0n) is 16.9. The Morgan fingerprint density at radius 3 is 2.72 bits per heavy atom. The number of para-hydroxylation sites is 1. The number of nitrogens with one attached hydrogen (secondary N) is 1. The highest BCUT2D eigenvalue weighted by Gasteiger charge is 2.55. The molecule has 2 aromatic rings. The normalized spacial score (nSPS) is 29.1. The number of hydrogen-bond donors (Lipinski definition) is 1. The minimum absolute atomic E-state index is 0.0111. The number of imide groups is 1. The van der Waals surface area contributed by atoms with E-state index in [9.17, 15) is 9.59 Å². The summed E-state index contributed by atoms with van der Waals surface area (Å²) < 4.78 is 1.25. The fourth-order valence-corrected chi connectivity index (χ4v) is 6.35. The molecular weight excluding hydrogens is 384 g/mol. The van der Waals surface area contributed by atoms with E-state index in [1.807, 2.05) is 6.07 Å². The third-order valence-corrected chi connectivity index (χ3v) is 8.29. The van der Waals surface area contributed by atoms with Crippen LogP contribution >= 0.6 is 11.3 Å². The van der Waals surface area contributed by atoms with Crippen molar-refractivity contribution >= 4 is 33.5 Å². The number of amides is 3. The number of hydrogen-bond acceptors (Lipinski definition) is 5. The number of carbonyl (C=O) groups excluding carboxylic acids is 2. The molecule has 2 atom stereocenters. The van der Waals surface area contributed by atoms with Gasteiger partial charge in [-0.3, -0.25) is 9.69 Å². The standard InChI is InChI=1S/C22H28N4O2S/c1-15-6-4-5-11-22(15)20(27)26(21(28)24-22)14-25-12-9-16(10-13-25)19-23-17-7-2-3-8-18(17)29-19/h2-3,7-8,15-16H,4-6,9-14H2,1H3,(H,24,28)/t15-,22+/m1/s1. The number of aromatic nitrogens is 1. The SMILES string of the molecule is C[C@@H]1CCCC[C@]12NC(=O)N(CN1CCC(c3nc4ccccc4s3)CC1)C2=O. The average Bonchev–Trinajstić information content (AvgIpc) is 3.26. The van der Waals surface area contributed by atoms with Crippen LogP contribution in [0.2, 0.25) is 0 Å². The summed E-state index contributed by atoms with van der Waals surface area (Å²) in [5, 5.41) is 4.28. The van der Waals surface area contributed by atoms with Crippen LogP contribution in [0.4, 0.5) is 4.79 Å². The van der Waals surface area contributed by atoms with E-state index in [1.54, 1.807) is 11.3 Å². The Kier molecular flexibility index (Phi) is 4.82. The maximum Gasteiger partial charge on any atom is 0.326 e. The molecule has 0 bridgehead atoms. The Bertz CT molecular complexity index is 903. The zero-order chi connectivity index (χ0) is 20.0. The lowest BCUT2D eigenvalue weighted by atomic mass is 9.73. The van der Waals surface area contributed by atoms with Crippen molar-refractivity contribution in [3.8, 4) is 0 Å². The van der Waals surface area contributed by atoms with Gasteiger partial charge in [-0.2, -0.15) is 0 Å².